The number of carbonyl (C=O) groups excluding carboxylic acids is 1. The van der Waals surface area contributed by atoms with Gasteiger partial charge in [0, 0.05) is 13.0 Å². The van der Waals surface area contributed by atoms with E-state index >= 15 is 0 Å². The molecule has 2 aromatic heterocycles. The fraction of sp³-hybridized carbons (Fsp3) is 0.500. The lowest BCUT2D eigenvalue weighted by Gasteiger charge is -2.24. The summed E-state index contributed by atoms with van der Waals surface area (Å²) in [6.07, 6.45) is -1.24. The number of alkyl halides is 2. The summed E-state index contributed by atoms with van der Waals surface area (Å²) in [6.45, 7) is 3.82. The van der Waals surface area contributed by atoms with Gasteiger partial charge in [-0.2, -0.15) is 0 Å². The summed E-state index contributed by atoms with van der Waals surface area (Å²) in [5.41, 5.74) is 0.143. The minimum Gasteiger partial charge on any atom is -0.464 e. The molecule has 2 rings (SSSR count). The fourth-order valence-electron chi connectivity index (χ4n) is 2.11. The van der Waals surface area contributed by atoms with E-state index in [0.717, 1.165) is 0 Å². The van der Waals surface area contributed by atoms with E-state index in [9.17, 15) is 13.6 Å². The maximum atomic E-state index is 12.5. The maximum Gasteiger partial charge on any atom is 0.354 e. The molecule has 0 saturated carbocycles. The summed E-state index contributed by atoms with van der Waals surface area (Å²) in [7, 11) is 1.28. The number of halogens is 2. The van der Waals surface area contributed by atoms with Gasteiger partial charge in [0.1, 0.15) is 23.5 Å². The number of nitrogens with zero attached hydrogens (tertiary/aromatic N) is 2. The SMILES string of the molecule is COC(=O)c1cc2c(NCC(C)(C)CC(F)F)ncnc2[nH]1. The van der Waals surface area contributed by atoms with E-state index in [1.807, 2.05) is 0 Å². The largest absolute Gasteiger partial charge is 0.464 e. The lowest BCUT2D eigenvalue weighted by molar-refractivity contribution is 0.0595. The molecule has 0 atom stereocenters. The van der Waals surface area contributed by atoms with Crippen LogP contribution in [0.4, 0.5) is 14.6 Å². The number of ether oxygens (including phenoxy) is 1. The summed E-state index contributed by atoms with van der Waals surface area (Å²) in [5, 5.41) is 3.65. The first-order valence-electron chi connectivity index (χ1n) is 6.76. The lowest BCUT2D eigenvalue weighted by Crippen LogP contribution is -2.26. The van der Waals surface area contributed by atoms with E-state index < -0.39 is 17.8 Å². The molecule has 8 heteroatoms. The highest BCUT2D eigenvalue weighted by Gasteiger charge is 2.23. The molecule has 0 fully saturated rings. The zero-order valence-electron chi connectivity index (χ0n) is 12.6. The molecule has 0 spiro atoms. The van der Waals surface area contributed by atoms with E-state index in [2.05, 4.69) is 25.0 Å². The molecule has 0 radical (unpaired) electrons. The van der Waals surface area contributed by atoms with Crippen molar-refractivity contribution in [2.75, 3.05) is 19.0 Å². The zero-order valence-corrected chi connectivity index (χ0v) is 12.6. The Balaban J connectivity index is 2.21. The van der Waals surface area contributed by atoms with Crippen LogP contribution < -0.4 is 5.32 Å². The molecule has 0 aromatic carbocycles. The molecule has 0 aliphatic carbocycles. The van der Waals surface area contributed by atoms with Gasteiger partial charge in [-0.15, -0.1) is 0 Å². The van der Waals surface area contributed by atoms with Crippen molar-refractivity contribution in [2.45, 2.75) is 26.7 Å². The summed E-state index contributed by atoms with van der Waals surface area (Å²) in [4.78, 5) is 22.5. The zero-order chi connectivity index (χ0) is 16.3. The van der Waals surface area contributed by atoms with Crippen molar-refractivity contribution in [3.8, 4) is 0 Å². The van der Waals surface area contributed by atoms with Crippen LogP contribution in [-0.4, -0.2) is 41.0 Å². The monoisotopic (exact) mass is 312 g/mol. The molecule has 0 bridgehead atoms. The average molecular weight is 312 g/mol. The van der Waals surface area contributed by atoms with Crippen molar-refractivity contribution >= 4 is 22.8 Å². The van der Waals surface area contributed by atoms with Crippen molar-refractivity contribution in [2.24, 2.45) is 5.41 Å². The number of aromatic amines is 1. The number of aromatic nitrogens is 3. The van der Waals surface area contributed by atoms with E-state index in [1.165, 1.54) is 13.4 Å². The van der Waals surface area contributed by atoms with E-state index in [4.69, 9.17) is 0 Å². The van der Waals surface area contributed by atoms with Gasteiger partial charge < -0.3 is 15.0 Å². The predicted octanol–water partition coefficient (Wildman–Crippen LogP) is 2.84. The van der Waals surface area contributed by atoms with Crippen LogP contribution in [0.5, 0.6) is 0 Å². The summed E-state index contributed by atoms with van der Waals surface area (Å²) < 4.78 is 29.7. The van der Waals surface area contributed by atoms with Crippen LogP contribution in [-0.2, 0) is 4.74 Å². The van der Waals surface area contributed by atoms with Gasteiger partial charge in [0.25, 0.3) is 0 Å². The molecule has 120 valence electrons. The van der Waals surface area contributed by atoms with Crippen LogP contribution in [0.25, 0.3) is 11.0 Å². The number of hydrogen-bond donors (Lipinski definition) is 2. The lowest BCUT2D eigenvalue weighted by atomic mass is 9.89. The Bertz CT molecular complexity index is 670. The van der Waals surface area contributed by atoms with Gasteiger partial charge in [0.2, 0.25) is 6.43 Å². The highest BCUT2D eigenvalue weighted by Crippen LogP contribution is 2.27. The third-order valence-electron chi connectivity index (χ3n) is 3.27. The highest BCUT2D eigenvalue weighted by molar-refractivity contribution is 5.97. The van der Waals surface area contributed by atoms with Crippen LogP contribution in [0.2, 0.25) is 0 Å². The first kappa shape index (κ1) is 16.1. The minimum atomic E-state index is -2.36. The number of fused-ring (bicyclic) bond motifs is 1. The standard InChI is InChI=1S/C14H18F2N4O2/c1-14(2,5-10(15)16)6-17-11-8-4-9(13(21)22-3)20-12(8)19-7-18-11/h4,7,10H,5-6H2,1-3H3,(H2,17,18,19,20). The van der Waals surface area contributed by atoms with Gasteiger partial charge in [0.05, 0.1) is 12.5 Å². The van der Waals surface area contributed by atoms with E-state index in [0.29, 0.717) is 23.4 Å². The minimum absolute atomic E-state index is 0.214. The summed E-state index contributed by atoms with van der Waals surface area (Å²) in [6, 6.07) is 1.57. The topological polar surface area (TPSA) is 79.9 Å². The van der Waals surface area contributed by atoms with Gasteiger partial charge in [-0.05, 0) is 11.5 Å². The normalized spacial score (nSPS) is 11.9. The Morgan fingerprint density at radius 3 is 2.82 bits per heavy atom. The fourth-order valence-corrected chi connectivity index (χ4v) is 2.11. The molecule has 0 saturated heterocycles. The second-order valence-corrected chi connectivity index (χ2v) is 5.77. The summed E-state index contributed by atoms with van der Waals surface area (Å²) >= 11 is 0. The second-order valence-electron chi connectivity index (χ2n) is 5.77. The quantitative estimate of drug-likeness (QED) is 0.802. The van der Waals surface area contributed by atoms with Crippen molar-refractivity contribution in [1.29, 1.82) is 0 Å². The van der Waals surface area contributed by atoms with Crippen LogP contribution >= 0.6 is 0 Å². The second kappa shape index (κ2) is 6.25. The third-order valence-corrected chi connectivity index (χ3v) is 3.27. The molecule has 6 nitrogen and oxygen atoms in total. The Morgan fingerprint density at radius 1 is 1.45 bits per heavy atom. The number of rotatable bonds is 6. The Kier molecular flexibility index (Phi) is 4.58. The molecule has 2 heterocycles. The van der Waals surface area contributed by atoms with Crippen molar-refractivity contribution in [3.63, 3.8) is 0 Å². The number of anilines is 1. The number of esters is 1. The first-order valence-corrected chi connectivity index (χ1v) is 6.76. The van der Waals surface area contributed by atoms with Gasteiger partial charge in [0.15, 0.2) is 0 Å². The molecular weight excluding hydrogens is 294 g/mol. The van der Waals surface area contributed by atoms with Gasteiger partial charge in [-0.3, -0.25) is 0 Å². The molecule has 0 unspecified atom stereocenters. The number of methoxy groups -OCH3 is 1. The van der Waals surface area contributed by atoms with Gasteiger partial charge in [-0.25, -0.2) is 23.5 Å². The van der Waals surface area contributed by atoms with Gasteiger partial charge in [-0.1, -0.05) is 13.8 Å². The van der Waals surface area contributed by atoms with Crippen molar-refractivity contribution in [1.82, 2.24) is 15.0 Å². The Morgan fingerprint density at radius 2 is 2.18 bits per heavy atom. The van der Waals surface area contributed by atoms with Gasteiger partial charge >= 0.3 is 5.97 Å². The van der Waals surface area contributed by atoms with Crippen molar-refractivity contribution < 1.29 is 18.3 Å². The predicted molar refractivity (Wildman–Crippen MR) is 78.1 cm³/mol. The highest BCUT2D eigenvalue weighted by atomic mass is 19.3. The van der Waals surface area contributed by atoms with Crippen LogP contribution in [0.1, 0.15) is 30.8 Å². The van der Waals surface area contributed by atoms with E-state index in [1.54, 1.807) is 19.9 Å². The third kappa shape index (κ3) is 3.69. The van der Waals surface area contributed by atoms with Crippen LogP contribution in [0, 0.1) is 5.41 Å². The summed E-state index contributed by atoms with van der Waals surface area (Å²) in [5.74, 6) is -0.0271. The molecular formula is C14H18F2N4O2. The number of carbonyl (C=O) groups is 1. The average Bonchev–Trinajstić information content (AvgIpc) is 2.87. The molecule has 0 aliphatic heterocycles. The molecule has 0 aliphatic rings. The van der Waals surface area contributed by atoms with Crippen LogP contribution in [0.3, 0.4) is 0 Å². The Labute approximate surface area is 126 Å². The molecule has 2 aromatic rings. The maximum absolute atomic E-state index is 12.5. The van der Waals surface area contributed by atoms with Crippen molar-refractivity contribution in [3.05, 3.63) is 18.1 Å². The number of nitrogens with one attached hydrogen (secondary N) is 2. The molecule has 22 heavy (non-hydrogen) atoms. The van der Waals surface area contributed by atoms with Crippen LogP contribution in [0.15, 0.2) is 12.4 Å². The Hall–Kier alpha value is -2.25. The smallest absolute Gasteiger partial charge is 0.354 e. The number of hydrogen-bond acceptors (Lipinski definition) is 5. The first-order chi connectivity index (χ1) is 10.3. The molecule has 2 N–H and O–H groups in total. The number of H-pyrrole nitrogens is 1. The van der Waals surface area contributed by atoms with E-state index in [-0.39, 0.29) is 12.1 Å². The molecule has 0 amide bonds.